The van der Waals surface area contributed by atoms with Crippen molar-refractivity contribution in [3.05, 3.63) is 42.0 Å². The minimum Gasteiger partial charge on any atom is -0.444 e. The molecular formula is C33H43FN6O6. The lowest BCUT2D eigenvalue weighted by Gasteiger charge is -2.24. The topological polar surface area (TPSA) is 122 Å². The SMILES string of the molecule is CN(C(=O)OC(C)(C)C)c1nc2c(cc(-c3cc(F)cc(CNC(=O)OC(C)(C)C)c3)n2C[C@H]2COC(C)(C)O2)c2c1ncn2C. The van der Waals surface area contributed by atoms with Crippen molar-refractivity contribution in [1.82, 2.24) is 24.4 Å². The van der Waals surface area contributed by atoms with E-state index in [1.807, 2.05) is 42.2 Å². The normalized spacial score (nSPS) is 16.6. The van der Waals surface area contributed by atoms with E-state index in [0.717, 1.165) is 10.9 Å². The highest BCUT2D eigenvalue weighted by Gasteiger charge is 2.34. The molecule has 13 heteroatoms. The van der Waals surface area contributed by atoms with Crippen LogP contribution in [0.15, 0.2) is 30.6 Å². The highest BCUT2D eigenvalue weighted by molar-refractivity contribution is 6.10. The van der Waals surface area contributed by atoms with E-state index in [0.29, 0.717) is 47.0 Å². The molecule has 4 aromatic rings. The number of nitrogens with zero attached hydrogens (tertiary/aromatic N) is 5. The zero-order valence-corrected chi connectivity index (χ0v) is 28.1. The predicted molar refractivity (Wildman–Crippen MR) is 172 cm³/mol. The average molecular weight is 639 g/mol. The molecule has 1 saturated heterocycles. The number of aromatic nitrogens is 4. The summed E-state index contributed by atoms with van der Waals surface area (Å²) in [6.07, 6.45) is 0.153. The second kappa shape index (κ2) is 11.8. The van der Waals surface area contributed by atoms with Crippen LogP contribution in [-0.4, -0.2) is 68.0 Å². The van der Waals surface area contributed by atoms with Gasteiger partial charge in [0, 0.05) is 31.6 Å². The summed E-state index contributed by atoms with van der Waals surface area (Å²) in [6.45, 7) is 15.1. The lowest BCUT2D eigenvalue weighted by molar-refractivity contribution is -0.139. The largest absolute Gasteiger partial charge is 0.444 e. The molecule has 2 amide bonds. The van der Waals surface area contributed by atoms with Gasteiger partial charge in [0.25, 0.3) is 0 Å². The maximum absolute atomic E-state index is 15.2. The standard InChI is InChI=1S/C33H43FN6O6/c1-31(2,3)45-29(41)35-15-19-11-20(13-21(34)12-19)24-14-23-26-25(36-18-38(26)9)28(39(10)30(42)46-32(4,5)6)37-27(23)40(24)16-22-17-43-33(7,8)44-22/h11-14,18,22H,15-17H2,1-10H3,(H,35,41)/t22-/m0/s1. The van der Waals surface area contributed by atoms with Crippen molar-refractivity contribution in [2.75, 3.05) is 18.6 Å². The van der Waals surface area contributed by atoms with Crippen molar-refractivity contribution in [2.45, 2.75) is 91.6 Å². The number of aryl methyl sites for hydroxylation is 1. The van der Waals surface area contributed by atoms with Crippen LogP contribution < -0.4 is 10.2 Å². The van der Waals surface area contributed by atoms with Gasteiger partial charge in [-0.3, -0.25) is 4.90 Å². The Kier molecular flexibility index (Phi) is 8.54. The highest BCUT2D eigenvalue weighted by Crippen LogP contribution is 2.37. The number of carbonyl (C=O) groups is 2. The molecule has 1 aliphatic rings. The van der Waals surface area contributed by atoms with E-state index in [-0.39, 0.29) is 12.6 Å². The summed E-state index contributed by atoms with van der Waals surface area (Å²) < 4.78 is 42.0. The molecule has 248 valence electrons. The third-order valence-corrected chi connectivity index (χ3v) is 7.21. The van der Waals surface area contributed by atoms with Gasteiger partial charge in [0.15, 0.2) is 11.6 Å². The first-order valence-electron chi connectivity index (χ1n) is 15.2. The van der Waals surface area contributed by atoms with Crippen molar-refractivity contribution < 1.29 is 32.9 Å². The second-order valence-electron chi connectivity index (χ2n) is 14.1. The fraction of sp³-hybridized carbons (Fsp3) is 0.515. The number of nitrogens with one attached hydrogen (secondary N) is 1. The third kappa shape index (κ3) is 7.26. The van der Waals surface area contributed by atoms with E-state index in [1.165, 1.54) is 17.0 Å². The summed E-state index contributed by atoms with van der Waals surface area (Å²) in [7, 11) is 3.46. The van der Waals surface area contributed by atoms with Crippen LogP contribution in [0.5, 0.6) is 0 Å². The molecule has 12 nitrogen and oxygen atoms in total. The number of benzene rings is 1. The minimum absolute atomic E-state index is 0.0583. The first-order valence-corrected chi connectivity index (χ1v) is 15.2. The molecule has 0 radical (unpaired) electrons. The van der Waals surface area contributed by atoms with Crippen LogP contribution in [0.2, 0.25) is 0 Å². The molecule has 0 aliphatic carbocycles. The molecule has 1 N–H and O–H groups in total. The summed E-state index contributed by atoms with van der Waals surface area (Å²) in [5.41, 5.74) is 2.18. The van der Waals surface area contributed by atoms with Crippen LogP contribution in [0.3, 0.4) is 0 Å². The molecule has 3 aromatic heterocycles. The van der Waals surface area contributed by atoms with Gasteiger partial charge in [0.1, 0.15) is 34.3 Å². The Balaban J connectivity index is 1.65. The summed E-state index contributed by atoms with van der Waals surface area (Å²) in [5, 5.41) is 3.45. The Morgan fingerprint density at radius 3 is 2.43 bits per heavy atom. The van der Waals surface area contributed by atoms with Gasteiger partial charge in [0.2, 0.25) is 0 Å². The number of halogens is 1. The van der Waals surface area contributed by atoms with E-state index >= 15 is 4.39 Å². The number of carbonyl (C=O) groups excluding carboxylic acids is 2. The first-order chi connectivity index (χ1) is 21.3. The lowest BCUT2D eigenvalue weighted by Crippen LogP contribution is -2.34. The quantitative estimate of drug-likeness (QED) is 0.262. The Morgan fingerprint density at radius 2 is 1.80 bits per heavy atom. The van der Waals surface area contributed by atoms with E-state index in [9.17, 15) is 9.59 Å². The number of pyridine rings is 1. The average Bonchev–Trinajstić information content (AvgIpc) is 3.59. The Hall–Kier alpha value is -4.23. The van der Waals surface area contributed by atoms with Crippen LogP contribution in [0.4, 0.5) is 19.8 Å². The van der Waals surface area contributed by atoms with Crippen LogP contribution >= 0.6 is 0 Å². The van der Waals surface area contributed by atoms with Crippen molar-refractivity contribution >= 4 is 40.1 Å². The predicted octanol–water partition coefficient (Wildman–Crippen LogP) is 6.28. The zero-order chi connectivity index (χ0) is 33.8. The number of hydrogen-bond acceptors (Lipinski definition) is 8. The molecule has 5 rings (SSSR count). The van der Waals surface area contributed by atoms with Crippen molar-refractivity contribution in [2.24, 2.45) is 7.05 Å². The van der Waals surface area contributed by atoms with Gasteiger partial charge < -0.3 is 33.4 Å². The van der Waals surface area contributed by atoms with Crippen LogP contribution in [0, 0.1) is 5.82 Å². The number of ether oxygens (including phenoxy) is 4. The van der Waals surface area contributed by atoms with Crippen LogP contribution in [0.25, 0.3) is 33.3 Å². The number of hydrogen-bond donors (Lipinski definition) is 1. The summed E-state index contributed by atoms with van der Waals surface area (Å²) >= 11 is 0. The number of amides is 2. The molecule has 46 heavy (non-hydrogen) atoms. The summed E-state index contributed by atoms with van der Waals surface area (Å²) in [5.74, 6) is -0.924. The van der Waals surface area contributed by atoms with E-state index in [4.69, 9.17) is 23.9 Å². The number of rotatable bonds is 6. The second-order valence-corrected chi connectivity index (χ2v) is 14.1. The van der Waals surface area contributed by atoms with Crippen LogP contribution in [0.1, 0.15) is 61.0 Å². The fourth-order valence-electron chi connectivity index (χ4n) is 5.42. The molecule has 1 aromatic carbocycles. The maximum atomic E-state index is 15.2. The van der Waals surface area contributed by atoms with Gasteiger partial charge in [-0.15, -0.1) is 0 Å². The summed E-state index contributed by atoms with van der Waals surface area (Å²) in [4.78, 5) is 36.4. The number of imidazole rings is 1. The maximum Gasteiger partial charge on any atom is 0.415 e. The van der Waals surface area contributed by atoms with Gasteiger partial charge in [-0.1, -0.05) is 0 Å². The molecular weight excluding hydrogens is 595 g/mol. The monoisotopic (exact) mass is 638 g/mol. The molecule has 0 spiro atoms. The number of fused-ring (bicyclic) bond motifs is 3. The van der Waals surface area contributed by atoms with Crippen molar-refractivity contribution in [3.63, 3.8) is 0 Å². The summed E-state index contributed by atoms with van der Waals surface area (Å²) in [6, 6.07) is 6.56. The van der Waals surface area contributed by atoms with Crippen LogP contribution in [-0.2, 0) is 39.1 Å². The van der Waals surface area contributed by atoms with Gasteiger partial charge >= 0.3 is 12.2 Å². The van der Waals surface area contributed by atoms with E-state index < -0.39 is 35.0 Å². The van der Waals surface area contributed by atoms with E-state index in [1.54, 1.807) is 54.9 Å². The minimum atomic E-state index is -0.766. The first kappa shape index (κ1) is 33.1. The van der Waals surface area contributed by atoms with Gasteiger partial charge in [-0.05, 0) is 85.2 Å². The van der Waals surface area contributed by atoms with E-state index in [2.05, 4.69) is 10.3 Å². The molecule has 0 saturated carbocycles. The molecule has 1 aliphatic heterocycles. The molecule has 4 heterocycles. The van der Waals surface area contributed by atoms with Crippen molar-refractivity contribution in [3.8, 4) is 11.3 Å². The van der Waals surface area contributed by atoms with Gasteiger partial charge in [-0.25, -0.2) is 23.9 Å². The Bertz CT molecular complexity index is 1800. The third-order valence-electron chi connectivity index (χ3n) is 7.21. The number of anilines is 1. The van der Waals surface area contributed by atoms with Gasteiger partial charge in [-0.2, -0.15) is 0 Å². The molecule has 1 fully saturated rings. The Morgan fingerprint density at radius 1 is 1.11 bits per heavy atom. The lowest BCUT2D eigenvalue weighted by atomic mass is 10.1. The Labute approximate surface area is 267 Å². The number of alkyl carbamates (subject to hydrolysis) is 1. The zero-order valence-electron chi connectivity index (χ0n) is 28.1. The molecule has 1 atom stereocenters. The molecule has 0 bridgehead atoms. The molecule has 0 unspecified atom stereocenters. The fourth-order valence-corrected chi connectivity index (χ4v) is 5.42. The highest BCUT2D eigenvalue weighted by atomic mass is 19.1. The smallest absolute Gasteiger partial charge is 0.415 e. The van der Waals surface area contributed by atoms with Crippen molar-refractivity contribution in [1.29, 1.82) is 0 Å². The van der Waals surface area contributed by atoms with Gasteiger partial charge in [0.05, 0.1) is 30.7 Å².